The average molecular weight is 549 g/mol. The fourth-order valence-electron chi connectivity index (χ4n) is 2.89. The minimum atomic E-state index is 0. The number of halogens is 1. The van der Waals surface area contributed by atoms with Crippen molar-refractivity contribution >= 4 is 47.2 Å². The summed E-state index contributed by atoms with van der Waals surface area (Å²) in [5.74, 6) is 0.722. The second-order valence-corrected chi connectivity index (χ2v) is 8.15. The second-order valence-electron chi connectivity index (χ2n) is 7.07. The molecule has 3 rings (SSSR count). The van der Waals surface area contributed by atoms with Gasteiger partial charge in [-0.2, -0.15) is 0 Å². The lowest BCUT2D eigenvalue weighted by Gasteiger charge is -2.13. The Bertz CT molecular complexity index is 1020. The zero-order valence-corrected chi connectivity index (χ0v) is 21.3. The second kappa shape index (κ2) is 11.8. The quantitative estimate of drug-likeness (QED) is 0.273. The van der Waals surface area contributed by atoms with E-state index in [0.717, 1.165) is 27.8 Å². The number of aryl methyl sites for hydroxylation is 1. The Morgan fingerprint density at radius 2 is 1.68 bits per heavy atom. The molecular formula is C23H28IN5OS. The maximum absolute atomic E-state index is 12.0. The normalized spacial score (nSPS) is 10.9. The highest BCUT2D eigenvalue weighted by atomic mass is 127. The number of benzene rings is 2. The van der Waals surface area contributed by atoms with Gasteiger partial charge in [0.2, 0.25) is 0 Å². The summed E-state index contributed by atoms with van der Waals surface area (Å²) in [6.45, 7) is 3.31. The largest absolute Gasteiger partial charge is 0.352 e. The molecule has 1 amide bonds. The standard InChI is InChI=1S/C23H27N5OS.HI/c1-16-20(30-21(27-16)18-8-6-5-7-9-18)15-26-23(24-2)25-14-17-10-12-19(13-11-17)22(29)28(3)4;/h5-13H,14-15H2,1-4H3,(H2,24,25,26);1H. The van der Waals surface area contributed by atoms with Crippen molar-refractivity contribution in [2.24, 2.45) is 4.99 Å². The maximum Gasteiger partial charge on any atom is 0.253 e. The van der Waals surface area contributed by atoms with Crippen molar-refractivity contribution < 1.29 is 4.79 Å². The number of thiazole rings is 1. The predicted molar refractivity (Wildman–Crippen MR) is 139 cm³/mol. The predicted octanol–water partition coefficient (Wildman–Crippen LogP) is 4.30. The highest BCUT2D eigenvalue weighted by Crippen LogP contribution is 2.27. The molecule has 0 fully saturated rings. The van der Waals surface area contributed by atoms with E-state index in [9.17, 15) is 4.79 Å². The first-order chi connectivity index (χ1) is 14.5. The molecule has 2 aromatic carbocycles. The van der Waals surface area contributed by atoms with Gasteiger partial charge in [0.05, 0.1) is 12.2 Å². The third-order valence-electron chi connectivity index (χ3n) is 4.62. The number of nitrogens with zero attached hydrogens (tertiary/aromatic N) is 3. The molecule has 0 unspecified atom stereocenters. The highest BCUT2D eigenvalue weighted by Gasteiger charge is 2.10. The number of rotatable bonds is 6. The van der Waals surface area contributed by atoms with E-state index >= 15 is 0 Å². The van der Waals surface area contributed by atoms with Gasteiger partial charge < -0.3 is 15.5 Å². The molecule has 8 heteroatoms. The van der Waals surface area contributed by atoms with Crippen LogP contribution in [0.1, 0.15) is 26.5 Å². The number of carbonyl (C=O) groups is 1. The molecule has 1 aromatic heterocycles. The summed E-state index contributed by atoms with van der Waals surface area (Å²) in [7, 11) is 5.26. The number of aliphatic imine (C=N–C) groups is 1. The van der Waals surface area contributed by atoms with E-state index in [1.54, 1.807) is 37.4 Å². The summed E-state index contributed by atoms with van der Waals surface area (Å²) in [4.78, 5) is 23.7. The van der Waals surface area contributed by atoms with Crippen LogP contribution in [0.5, 0.6) is 0 Å². The first-order valence-electron chi connectivity index (χ1n) is 9.74. The summed E-state index contributed by atoms with van der Waals surface area (Å²) in [6.07, 6.45) is 0. The van der Waals surface area contributed by atoms with E-state index < -0.39 is 0 Å². The van der Waals surface area contributed by atoms with E-state index in [4.69, 9.17) is 4.98 Å². The topological polar surface area (TPSA) is 69.6 Å². The summed E-state index contributed by atoms with van der Waals surface area (Å²) >= 11 is 1.69. The molecular weight excluding hydrogens is 521 g/mol. The van der Waals surface area contributed by atoms with Crippen LogP contribution in [-0.4, -0.2) is 42.9 Å². The van der Waals surface area contributed by atoms with Crippen LogP contribution in [-0.2, 0) is 13.1 Å². The third-order valence-corrected chi connectivity index (χ3v) is 5.83. The van der Waals surface area contributed by atoms with Crippen molar-refractivity contribution in [1.29, 1.82) is 0 Å². The fourth-order valence-corrected chi connectivity index (χ4v) is 3.90. The van der Waals surface area contributed by atoms with E-state index in [1.165, 1.54) is 4.88 Å². The zero-order valence-electron chi connectivity index (χ0n) is 18.2. The van der Waals surface area contributed by atoms with Gasteiger partial charge in [-0.05, 0) is 24.6 Å². The first-order valence-corrected chi connectivity index (χ1v) is 10.6. The SMILES string of the molecule is CN=C(NCc1ccc(C(=O)N(C)C)cc1)NCc1sc(-c2ccccc2)nc1C.I. The molecule has 0 aliphatic rings. The van der Waals surface area contributed by atoms with Crippen molar-refractivity contribution in [2.75, 3.05) is 21.1 Å². The van der Waals surface area contributed by atoms with Gasteiger partial charge in [0.1, 0.15) is 5.01 Å². The number of guanidine groups is 1. The summed E-state index contributed by atoms with van der Waals surface area (Å²) in [5.41, 5.74) is 3.92. The van der Waals surface area contributed by atoms with Crippen LogP contribution in [0, 0.1) is 6.92 Å². The van der Waals surface area contributed by atoms with Crippen LogP contribution in [0.25, 0.3) is 10.6 Å². The Labute approximate surface area is 204 Å². The molecule has 0 bridgehead atoms. The Balaban J connectivity index is 0.00000341. The van der Waals surface area contributed by atoms with Crippen LogP contribution in [0.3, 0.4) is 0 Å². The molecule has 164 valence electrons. The molecule has 0 saturated carbocycles. The lowest BCUT2D eigenvalue weighted by Crippen LogP contribution is -2.36. The van der Waals surface area contributed by atoms with Gasteiger partial charge in [-0.15, -0.1) is 35.3 Å². The zero-order chi connectivity index (χ0) is 21.5. The number of hydrogen-bond acceptors (Lipinski definition) is 4. The smallest absolute Gasteiger partial charge is 0.253 e. The van der Waals surface area contributed by atoms with Gasteiger partial charge in [0.15, 0.2) is 5.96 Å². The van der Waals surface area contributed by atoms with Crippen molar-refractivity contribution in [1.82, 2.24) is 20.5 Å². The molecule has 1 heterocycles. The highest BCUT2D eigenvalue weighted by molar-refractivity contribution is 14.0. The van der Waals surface area contributed by atoms with Crippen LogP contribution < -0.4 is 10.6 Å². The van der Waals surface area contributed by atoms with Crippen molar-refractivity contribution in [3.05, 3.63) is 76.3 Å². The first kappa shape index (κ1) is 24.8. The molecule has 0 saturated heterocycles. The van der Waals surface area contributed by atoms with E-state index in [1.807, 2.05) is 49.4 Å². The minimum Gasteiger partial charge on any atom is -0.352 e. The van der Waals surface area contributed by atoms with Gasteiger partial charge in [-0.25, -0.2) is 4.98 Å². The lowest BCUT2D eigenvalue weighted by atomic mass is 10.1. The van der Waals surface area contributed by atoms with E-state index in [2.05, 4.69) is 27.8 Å². The average Bonchev–Trinajstić information content (AvgIpc) is 3.15. The van der Waals surface area contributed by atoms with E-state index in [0.29, 0.717) is 18.7 Å². The molecule has 0 spiro atoms. The third kappa shape index (κ3) is 6.76. The molecule has 6 nitrogen and oxygen atoms in total. The monoisotopic (exact) mass is 549 g/mol. The van der Waals surface area contributed by atoms with Crippen LogP contribution in [0.15, 0.2) is 59.6 Å². The lowest BCUT2D eigenvalue weighted by molar-refractivity contribution is 0.0827. The molecule has 31 heavy (non-hydrogen) atoms. The number of nitrogens with one attached hydrogen (secondary N) is 2. The fraction of sp³-hybridized carbons (Fsp3) is 0.261. The summed E-state index contributed by atoms with van der Waals surface area (Å²) in [6, 6.07) is 17.8. The van der Waals surface area contributed by atoms with Crippen LogP contribution >= 0.6 is 35.3 Å². The van der Waals surface area contributed by atoms with Gasteiger partial charge >= 0.3 is 0 Å². The van der Waals surface area contributed by atoms with E-state index in [-0.39, 0.29) is 29.9 Å². The Morgan fingerprint density at radius 3 is 2.29 bits per heavy atom. The Kier molecular flexibility index (Phi) is 9.44. The molecule has 0 aliphatic heterocycles. The van der Waals surface area contributed by atoms with Crippen molar-refractivity contribution in [3.63, 3.8) is 0 Å². The Hall–Kier alpha value is -2.46. The Morgan fingerprint density at radius 1 is 1.03 bits per heavy atom. The molecule has 0 radical (unpaired) electrons. The van der Waals surface area contributed by atoms with Crippen LogP contribution in [0.4, 0.5) is 0 Å². The van der Waals surface area contributed by atoms with Crippen molar-refractivity contribution in [3.8, 4) is 10.6 Å². The summed E-state index contributed by atoms with van der Waals surface area (Å²) < 4.78 is 0. The molecule has 2 N–H and O–H groups in total. The summed E-state index contributed by atoms with van der Waals surface area (Å²) in [5, 5.41) is 7.70. The van der Waals surface area contributed by atoms with Gasteiger partial charge in [0.25, 0.3) is 5.91 Å². The molecule has 3 aromatic rings. The number of hydrogen-bond donors (Lipinski definition) is 2. The number of carbonyl (C=O) groups excluding carboxylic acids is 1. The van der Waals surface area contributed by atoms with Gasteiger partial charge in [-0.3, -0.25) is 9.79 Å². The van der Waals surface area contributed by atoms with Crippen molar-refractivity contribution in [2.45, 2.75) is 20.0 Å². The van der Waals surface area contributed by atoms with Crippen LogP contribution in [0.2, 0.25) is 0 Å². The van der Waals surface area contributed by atoms with Gasteiger partial charge in [-0.1, -0.05) is 42.5 Å². The maximum atomic E-state index is 12.0. The van der Waals surface area contributed by atoms with Gasteiger partial charge in [0, 0.05) is 43.7 Å². The molecule has 0 atom stereocenters. The number of aromatic nitrogens is 1. The number of amides is 1. The molecule has 0 aliphatic carbocycles. The minimum absolute atomic E-state index is 0.